The summed E-state index contributed by atoms with van der Waals surface area (Å²) in [5.41, 5.74) is 0.734. The molecule has 0 aromatic carbocycles. The molecular weight excluding hydrogens is 524 g/mol. The van der Waals surface area contributed by atoms with Crippen LogP contribution in [-0.2, 0) is 33.3 Å². The summed E-state index contributed by atoms with van der Waals surface area (Å²) in [7, 11) is 3.37. The number of rotatable bonds is 9. The zero-order valence-corrected chi connectivity index (χ0v) is 22.1. The van der Waals surface area contributed by atoms with Crippen molar-refractivity contribution in [1.82, 2.24) is 29.6 Å². The highest BCUT2D eigenvalue weighted by molar-refractivity contribution is 5.94. The van der Waals surface area contributed by atoms with Crippen molar-refractivity contribution in [2.75, 3.05) is 13.1 Å². The van der Waals surface area contributed by atoms with Gasteiger partial charge in [0.1, 0.15) is 11.4 Å². The first-order valence-electron chi connectivity index (χ1n) is 12.8. The van der Waals surface area contributed by atoms with Gasteiger partial charge in [-0.25, -0.2) is 0 Å². The van der Waals surface area contributed by atoms with Gasteiger partial charge in [-0.3, -0.25) is 19.2 Å². The molecule has 40 heavy (non-hydrogen) atoms. The molecule has 2 fully saturated rings. The maximum Gasteiger partial charge on any atom is 0.268 e. The molecule has 4 atom stereocenters. The Hall–Kier alpha value is -4.62. The highest BCUT2D eigenvalue weighted by atomic mass is 16.4. The van der Waals surface area contributed by atoms with Gasteiger partial charge >= 0.3 is 0 Å². The lowest BCUT2D eigenvalue weighted by atomic mass is 10.1. The van der Waals surface area contributed by atoms with Crippen LogP contribution >= 0.6 is 0 Å². The second-order valence-corrected chi connectivity index (χ2v) is 10.1. The molecule has 2 aromatic rings. The largest absolute Gasteiger partial charge is 0.548 e. The second kappa shape index (κ2) is 11.6. The summed E-state index contributed by atoms with van der Waals surface area (Å²) in [5.74, 6) is -5.09. The van der Waals surface area contributed by atoms with E-state index in [1.54, 1.807) is 59.9 Å². The topological polar surface area (TPSA) is 189 Å². The van der Waals surface area contributed by atoms with Gasteiger partial charge in [-0.05, 0) is 37.1 Å². The first kappa shape index (κ1) is 28.4. The molecule has 0 saturated carbocycles. The van der Waals surface area contributed by atoms with E-state index in [-0.39, 0.29) is 38.8 Å². The van der Waals surface area contributed by atoms with Crippen molar-refractivity contribution in [3.8, 4) is 0 Å². The molecule has 2 aromatic heterocycles. The van der Waals surface area contributed by atoms with Crippen LogP contribution < -0.4 is 20.8 Å². The van der Waals surface area contributed by atoms with Crippen LogP contribution in [0.5, 0.6) is 0 Å². The molecule has 14 heteroatoms. The first-order chi connectivity index (χ1) is 19.0. The van der Waals surface area contributed by atoms with Crippen LogP contribution in [0.25, 0.3) is 0 Å². The number of likely N-dealkylation sites (tertiary alicyclic amines) is 2. The third-order valence-corrected chi connectivity index (χ3v) is 7.36. The Morgan fingerprint density at radius 2 is 1.10 bits per heavy atom. The standard InChI is InChI=1S/C26H32N6O8/c1-29-9-3-5-17(29)23(35)27-15-11-19(25(37)38)31(13-15)21(33)7-8-22(34)32-14-16(12-20(32)26(39)40)28-24(36)18-6-4-10-30(18)2/h3-6,9-10,15-16,19-20H,7-8,11-14H2,1-2H3,(H,27,35)(H,28,36)(H,37,38)(H,39,40)/p-2/t15-,16-,19-,20-/m0/s1. The van der Waals surface area contributed by atoms with E-state index in [1.807, 2.05) is 0 Å². The fourth-order valence-corrected chi connectivity index (χ4v) is 5.29. The highest BCUT2D eigenvalue weighted by Crippen LogP contribution is 2.23. The summed E-state index contributed by atoms with van der Waals surface area (Å²) >= 11 is 0. The molecule has 2 aliphatic rings. The van der Waals surface area contributed by atoms with Crippen LogP contribution in [0, 0.1) is 0 Å². The van der Waals surface area contributed by atoms with Gasteiger partial charge in [-0.1, -0.05) is 0 Å². The van der Waals surface area contributed by atoms with Crippen LogP contribution in [0.4, 0.5) is 0 Å². The number of amides is 4. The van der Waals surface area contributed by atoms with E-state index in [2.05, 4.69) is 10.6 Å². The number of carbonyl (C=O) groups is 6. The van der Waals surface area contributed by atoms with Gasteiger partial charge in [0, 0.05) is 64.5 Å². The van der Waals surface area contributed by atoms with Crippen molar-refractivity contribution >= 4 is 35.6 Å². The number of hydrogen-bond donors (Lipinski definition) is 2. The number of carboxylic acid groups (broad SMARTS) is 2. The molecule has 4 amide bonds. The van der Waals surface area contributed by atoms with Gasteiger partial charge in [-0.2, -0.15) is 0 Å². The zero-order chi connectivity index (χ0) is 29.1. The summed E-state index contributed by atoms with van der Waals surface area (Å²) < 4.78 is 3.20. The summed E-state index contributed by atoms with van der Waals surface area (Å²) in [6, 6.07) is 2.72. The molecule has 214 valence electrons. The van der Waals surface area contributed by atoms with E-state index < -0.39 is 59.7 Å². The van der Waals surface area contributed by atoms with Gasteiger partial charge in [0.25, 0.3) is 11.8 Å². The lowest BCUT2D eigenvalue weighted by Gasteiger charge is -2.27. The van der Waals surface area contributed by atoms with Crippen LogP contribution in [-0.4, -0.2) is 91.8 Å². The minimum Gasteiger partial charge on any atom is -0.548 e. The number of nitrogens with zero attached hydrogens (tertiary/aromatic N) is 4. The van der Waals surface area contributed by atoms with E-state index in [4.69, 9.17) is 0 Å². The molecule has 4 rings (SSSR count). The predicted molar refractivity (Wildman–Crippen MR) is 133 cm³/mol. The Morgan fingerprint density at radius 1 is 0.725 bits per heavy atom. The molecule has 2 saturated heterocycles. The van der Waals surface area contributed by atoms with Gasteiger partial charge in [0.15, 0.2) is 0 Å². The Bertz CT molecular complexity index is 1230. The van der Waals surface area contributed by atoms with Gasteiger partial charge in [0.2, 0.25) is 11.8 Å². The molecule has 0 spiro atoms. The van der Waals surface area contributed by atoms with E-state index in [0.717, 1.165) is 9.80 Å². The van der Waals surface area contributed by atoms with Crippen molar-refractivity contribution in [2.45, 2.75) is 49.9 Å². The normalized spacial score (nSPS) is 22.2. The van der Waals surface area contributed by atoms with Crippen molar-refractivity contribution < 1.29 is 39.0 Å². The Morgan fingerprint density at radius 3 is 1.40 bits per heavy atom. The third-order valence-electron chi connectivity index (χ3n) is 7.36. The molecule has 14 nitrogen and oxygen atoms in total. The summed E-state index contributed by atoms with van der Waals surface area (Å²) in [6.45, 7) is -0.166. The van der Waals surface area contributed by atoms with Crippen molar-refractivity contribution in [1.29, 1.82) is 0 Å². The van der Waals surface area contributed by atoms with Gasteiger partial charge in [0.05, 0.1) is 24.0 Å². The molecule has 0 bridgehead atoms. The molecule has 0 aliphatic carbocycles. The predicted octanol–water partition coefficient (Wildman–Crippen LogP) is -3.26. The molecule has 0 unspecified atom stereocenters. The summed E-state index contributed by atoms with van der Waals surface area (Å²) in [4.78, 5) is 76.5. The van der Waals surface area contributed by atoms with Gasteiger partial charge in [-0.15, -0.1) is 0 Å². The lowest BCUT2D eigenvalue weighted by molar-refractivity contribution is -0.311. The van der Waals surface area contributed by atoms with E-state index in [1.165, 1.54) is 0 Å². The molecular formula is C26H30N6O8-2. The first-order valence-corrected chi connectivity index (χ1v) is 12.8. The Balaban J connectivity index is 1.34. The Kier molecular flexibility index (Phi) is 8.26. The van der Waals surface area contributed by atoms with Crippen LogP contribution in [0.1, 0.15) is 46.7 Å². The fraction of sp³-hybridized carbons (Fsp3) is 0.462. The number of aromatic nitrogens is 2. The molecule has 2 aliphatic heterocycles. The Labute approximate surface area is 229 Å². The minimum atomic E-state index is -1.48. The SMILES string of the molecule is Cn1cccc1C(=O)N[C@H]1C[C@@H](C(=O)[O-])N(C(=O)CCC(=O)N2C[C@@H](NC(=O)c3cccn3C)C[C@H]2C(=O)[O-])C1. The molecule has 2 N–H and O–H groups in total. The van der Waals surface area contributed by atoms with Crippen LogP contribution in [0.3, 0.4) is 0 Å². The number of nitrogens with one attached hydrogen (secondary N) is 2. The number of carbonyl (C=O) groups excluding carboxylic acids is 6. The van der Waals surface area contributed by atoms with Crippen LogP contribution in [0.15, 0.2) is 36.7 Å². The zero-order valence-electron chi connectivity index (χ0n) is 22.1. The monoisotopic (exact) mass is 554 g/mol. The lowest BCUT2D eigenvalue weighted by Crippen LogP contribution is -2.48. The maximum atomic E-state index is 12.9. The number of aliphatic carboxylic acids is 2. The quantitative estimate of drug-likeness (QED) is 0.323. The van der Waals surface area contributed by atoms with E-state index in [0.29, 0.717) is 11.4 Å². The third kappa shape index (κ3) is 6.00. The summed E-state index contributed by atoms with van der Waals surface area (Å²) in [5, 5.41) is 28.9. The minimum absolute atomic E-state index is 0.0560. The second-order valence-electron chi connectivity index (χ2n) is 10.1. The molecule has 4 heterocycles. The number of carboxylic acids is 2. The number of hydrogen-bond acceptors (Lipinski definition) is 8. The highest BCUT2D eigenvalue weighted by Gasteiger charge is 2.39. The van der Waals surface area contributed by atoms with Crippen molar-refractivity contribution in [3.05, 3.63) is 48.0 Å². The van der Waals surface area contributed by atoms with E-state index in [9.17, 15) is 39.0 Å². The molecule has 0 radical (unpaired) electrons. The average Bonchev–Trinajstić information content (AvgIpc) is 3.68. The summed E-state index contributed by atoms with van der Waals surface area (Å²) in [6.07, 6.45) is 2.50. The van der Waals surface area contributed by atoms with Crippen LogP contribution in [0.2, 0.25) is 0 Å². The number of aryl methyl sites for hydroxylation is 2. The van der Waals surface area contributed by atoms with E-state index >= 15 is 0 Å². The average molecular weight is 555 g/mol. The van der Waals surface area contributed by atoms with Gasteiger partial charge < -0.3 is 49.4 Å². The maximum absolute atomic E-state index is 12.9. The van der Waals surface area contributed by atoms with Crippen molar-refractivity contribution in [2.24, 2.45) is 14.1 Å². The fourth-order valence-electron chi connectivity index (χ4n) is 5.29. The smallest absolute Gasteiger partial charge is 0.268 e. The van der Waals surface area contributed by atoms with Crippen molar-refractivity contribution in [3.63, 3.8) is 0 Å².